The molecule has 1 aliphatic heterocycles. The summed E-state index contributed by atoms with van der Waals surface area (Å²) in [5.41, 5.74) is 3.29. The van der Waals surface area contributed by atoms with Crippen LogP contribution in [-0.4, -0.2) is 16.7 Å². The lowest BCUT2D eigenvalue weighted by molar-refractivity contribution is 0.475. The minimum atomic E-state index is 0. The quantitative estimate of drug-likeness (QED) is 0.736. The molecule has 14 heavy (non-hydrogen) atoms. The van der Waals surface area contributed by atoms with E-state index in [9.17, 15) is 5.11 Å². The number of benzene rings is 1. The highest BCUT2D eigenvalue weighted by molar-refractivity contribution is 8.04. The van der Waals surface area contributed by atoms with Gasteiger partial charge in [-0.2, -0.15) is 0 Å². The van der Waals surface area contributed by atoms with Crippen LogP contribution in [0.4, 0.5) is 0 Å². The van der Waals surface area contributed by atoms with Gasteiger partial charge in [-0.1, -0.05) is 6.07 Å². The van der Waals surface area contributed by atoms with Crippen molar-refractivity contribution in [1.29, 1.82) is 0 Å². The molecule has 0 aromatic heterocycles. The van der Waals surface area contributed by atoms with Crippen LogP contribution < -0.4 is 0 Å². The van der Waals surface area contributed by atoms with Crippen LogP contribution in [0.1, 0.15) is 11.1 Å². The van der Waals surface area contributed by atoms with E-state index in [0.717, 1.165) is 17.2 Å². The van der Waals surface area contributed by atoms with Crippen molar-refractivity contribution in [3.8, 4) is 5.75 Å². The molecule has 0 bridgehead atoms. The molecule has 1 aromatic rings. The monoisotopic (exact) mass is 225 g/mol. The van der Waals surface area contributed by atoms with Gasteiger partial charge in [0.05, 0.1) is 11.6 Å². The maximum absolute atomic E-state index is 9.33. The smallest absolute Gasteiger partial charge is 0.116 e. The summed E-state index contributed by atoms with van der Waals surface area (Å²) >= 11 is 1.75. The number of nitrogens with zero attached hydrogens (tertiary/aromatic N) is 1. The van der Waals surface area contributed by atoms with Gasteiger partial charge >= 0.3 is 0 Å². The van der Waals surface area contributed by atoms with Gasteiger partial charge in [0.2, 0.25) is 0 Å². The molecule has 3 rings (SSSR count). The number of aromatic hydroxyl groups is 1. The second-order valence-corrected chi connectivity index (χ2v) is 4.05. The van der Waals surface area contributed by atoms with Gasteiger partial charge in [0.15, 0.2) is 0 Å². The molecule has 0 amide bonds. The number of hydrogen-bond acceptors (Lipinski definition) is 3. The van der Waals surface area contributed by atoms with Crippen molar-refractivity contribution in [2.45, 2.75) is 0 Å². The van der Waals surface area contributed by atoms with Crippen LogP contribution in [0.5, 0.6) is 5.75 Å². The highest BCUT2D eigenvalue weighted by Gasteiger charge is 2.24. The zero-order valence-corrected chi connectivity index (χ0v) is 8.86. The van der Waals surface area contributed by atoms with Gasteiger partial charge in [0, 0.05) is 10.5 Å². The van der Waals surface area contributed by atoms with Crippen molar-refractivity contribution in [2.75, 3.05) is 5.88 Å². The van der Waals surface area contributed by atoms with Gasteiger partial charge in [-0.3, -0.25) is 4.99 Å². The van der Waals surface area contributed by atoms with Crippen LogP contribution in [0.3, 0.4) is 0 Å². The number of phenols is 1. The molecule has 0 spiro atoms. The van der Waals surface area contributed by atoms with Crippen LogP contribution in [0.25, 0.3) is 6.08 Å². The number of thioether (sulfide) groups is 1. The first-order valence-corrected chi connectivity index (χ1v) is 5.06. The second kappa shape index (κ2) is 3.33. The lowest BCUT2D eigenvalue weighted by atomic mass is 10.1. The summed E-state index contributed by atoms with van der Waals surface area (Å²) < 4.78 is 0. The third-order valence-corrected chi connectivity index (χ3v) is 3.14. The van der Waals surface area contributed by atoms with E-state index in [1.165, 1.54) is 10.5 Å². The van der Waals surface area contributed by atoms with Crippen LogP contribution in [0, 0.1) is 0 Å². The number of hydrogen-bond donors (Lipinski definition) is 1. The van der Waals surface area contributed by atoms with Gasteiger partial charge in [-0.25, -0.2) is 0 Å². The first kappa shape index (κ1) is 9.62. The molecule has 4 heteroatoms. The van der Waals surface area contributed by atoms with E-state index in [0.29, 0.717) is 5.75 Å². The number of allylic oxidation sites excluding steroid dienone is 1. The van der Waals surface area contributed by atoms with Crippen molar-refractivity contribution in [3.05, 3.63) is 34.2 Å². The Kier molecular flexibility index (Phi) is 2.29. The van der Waals surface area contributed by atoms with Crippen LogP contribution in [-0.2, 0) is 0 Å². The van der Waals surface area contributed by atoms with E-state index in [1.807, 2.05) is 6.07 Å². The summed E-state index contributed by atoms with van der Waals surface area (Å²) in [5.74, 6) is 1.13. The predicted molar refractivity (Wildman–Crippen MR) is 62.3 cm³/mol. The molecule has 0 saturated carbocycles. The average molecular weight is 226 g/mol. The topological polar surface area (TPSA) is 32.6 Å². The van der Waals surface area contributed by atoms with E-state index in [4.69, 9.17) is 0 Å². The number of phenolic OH excluding ortho intramolecular Hbond substituents is 1. The molecular weight excluding hydrogens is 218 g/mol. The van der Waals surface area contributed by atoms with E-state index < -0.39 is 0 Å². The largest absolute Gasteiger partial charge is 0.508 e. The number of fused-ring (bicyclic) bond motifs is 3. The van der Waals surface area contributed by atoms with Crippen molar-refractivity contribution in [1.82, 2.24) is 0 Å². The Bertz CT molecular complexity index is 453. The number of rotatable bonds is 0. The second-order valence-electron chi connectivity index (χ2n) is 3.06. The highest BCUT2D eigenvalue weighted by atomic mass is 35.5. The van der Waals surface area contributed by atoms with Gasteiger partial charge in [0.25, 0.3) is 0 Å². The molecule has 1 heterocycles. The molecule has 0 fully saturated rings. The van der Waals surface area contributed by atoms with Gasteiger partial charge < -0.3 is 5.11 Å². The minimum Gasteiger partial charge on any atom is -0.508 e. The van der Waals surface area contributed by atoms with Crippen molar-refractivity contribution < 1.29 is 5.11 Å². The Labute approximate surface area is 92.2 Å². The summed E-state index contributed by atoms with van der Waals surface area (Å²) in [6.45, 7) is 0. The molecular formula is C10H8ClNOS. The molecule has 0 unspecified atom stereocenters. The minimum absolute atomic E-state index is 0. The summed E-state index contributed by atoms with van der Waals surface area (Å²) in [5, 5.41) is 9.33. The number of halogens is 1. The molecule has 2 nitrogen and oxygen atoms in total. The summed E-state index contributed by atoms with van der Waals surface area (Å²) in [6, 6.07) is 5.42. The third-order valence-electron chi connectivity index (χ3n) is 2.25. The zero-order valence-electron chi connectivity index (χ0n) is 7.23. The van der Waals surface area contributed by atoms with E-state index >= 15 is 0 Å². The van der Waals surface area contributed by atoms with Crippen LogP contribution in [0.2, 0.25) is 0 Å². The molecule has 1 aromatic carbocycles. The molecule has 2 aliphatic rings. The Morgan fingerprint density at radius 3 is 3.07 bits per heavy atom. The average Bonchev–Trinajstić information content (AvgIpc) is 2.64. The zero-order chi connectivity index (χ0) is 8.84. The van der Waals surface area contributed by atoms with Crippen LogP contribution >= 0.6 is 24.2 Å². The lowest BCUT2D eigenvalue weighted by Crippen LogP contribution is -1.93. The first-order chi connectivity index (χ1) is 6.34. The van der Waals surface area contributed by atoms with Crippen molar-refractivity contribution >= 4 is 36.0 Å². The van der Waals surface area contributed by atoms with Crippen molar-refractivity contribution in [3.63, 3.8) is 0 Å². The van der Waals surface area contributed by atoms with Gasteiger partial charge in [-0.15, -0.1) is 24.2 Å². The molecule has 0 saturated heterocycles. The fourth-order valence-electron chi connectivity index (χ4n) is 1.66. The summed E-state index contributed by atoms with van der Waals surface area (Å²) in [7, 11) is 0. The lowest BCUT2D eigenvalue weighted by Gasteiger charge is -1.99. The normalized spacial score (nSPS) is 16.6. The summed E-state index contributed by atoms with van der Waals surface area (Å²) in [6.07, 6.45) is 2.13. The SMILES string of the molecule is Cl.Oc1ccc2c(c1)C1=NCSC1=C2. The fourth-order valence-corrected chi connectivity index (χ4v) is 2.51. The van der Waals surface area contributed by atoms with Gasteiger partial charge in [-0.05, 0) is 23.8 Å². The molecule has 0 atom stereocenters. The molecule has 0 radical (unpaired) electrons. The Morgan fingerprint density at radius 2 is 2.21 bits per heavy atom. The van der Waals surface area contributed by atoms with Crippen LogP contribution in [0.15, 0.2) is 28.1 Å². The molecule has 72 valence electrons. The maximum Gasteiger partial charge on any atom is 0.116 e. The van der Waals surface area contributed by atoms with Crippen molar-refractivity contribution in [2.24, 2.45) is 4.99 Å². The predicted octanol–water partition coefficient (Wildman–Crippen LogP) is 2.66. The number of aliphatic imine (C=N–C) groups is 1. The van der Waals surface area contributed by atoms with E-state index in [2.05, 4.69) is 11.1 Å². The maximum atomic E-state index is 9.33. The first-order valence-electron chi connectivity index (χ1n) is 4.07. The molecule has 1 N–H and O–H groups in total. The molecule has 1 aliphatic carbocycles. The van der Waals surface area contributed by atoms with E-state index in [-0.39, 0.29) is 12.4 Å². The van der Waals surface area contributed by atoms with E-state index in [1.54, 1.807) is 23.9 Å². The Balaban J connectivity index is 0.000000750. The summed E-state index contributed by atoms with van der Waals surface area (Å²) in [4.78, 5) is 5.62. The van der Waals surface area contributed by atoms with Gasteiger partial charge in [0.1, 0.15) is 5.75 Å². The Hall–Kier alpha value is -0.930. The Morgan fingerprint density at radius 1 is 1.36 bits per heavy atom. The highest BCUT2D eigenvalue weighted by Crippen LogP contribution is 2.38. The standard InChI is InChI=1S/C10H7NOS.ClH/c12-7-2-1-6-3-9-10(8(6)4-7)11-5-13-9;/h1-4,12H,5H2;1H. The third kappa shape index (κ3) is 1.24. The fraction of sp³-hybridized carbons (Fsp3) is 0.100.